The Hall–Kier alpha value is -3.11. The van der Waals surface area contributed by atoms with Gasteiger partial charge in [0, 0.05) is 30.6 Å². The predicted octanol–water partition coefficient (Wildman–Crippen LogP) is 4.51. The van der Waals surface area contributed by atoms with E-state index in [1.54, 1.807) is 39.2 Å². The van der Waals surface area contributed by atoms with Crippen LogP contribution >= 0.6 is 0 Å². The number of benzene rings is 2. The van der Waals surface area contributed by atoms with Crippen LogP contribution in [-0.2, 0) is 10.9 Å². The molecule has 1 saturated heterocycles. The molecule has 0 radical (unpaired) electrons. The summed E-state index contributed by atoms with van der Waals surface area (Å²) in [4.78, 5) is 9.00. The first-order valence-corrected chi connectivity index (χ1v) is 11.0. The Balaban J connectivity index is 1.64. The number of nitrogens with zero attached hydrogens (tertiary/aromatic N) is 2. The number of aryl methyl sites for hydroxylation is 1. The average molecular weight is 476 g/mol. The molecule has 4 rings (SSSR count). The van der Waals surface area contributed by atoms with Crippen LogP contribution in [0.4, 0.5) is 19.0 Å². The van der Waals surface area contributed by atoms with E-state index >= 15 is 0 Å². The van der Waals surface area contributed by atoms with Crippen molar-refractivity contribution in [2.45, 2.75) is 32.2 Å². The molecular weight excluding hydrogens is 449 g/mol. The average Bonchev–Trinajstić information content (AvgIpc) is 2.82. The zero-order valence-electron chi connectivity index (χ0n) is 19.2. The van der Waals surface area contributed by atoms with Crippen molar-refractivity contribution in [3.05, 3.63) is 53.3 Å². The van der Waals surface area contributed by atoms with Crippen molar-refractivity contribution < 1.29 is 27.4 Å². The number of nitrogens with one attached hydrogen (secondary N) is 2. The summed E-state index contributed by atoms with van der Waals surface area (Å²) in [7, 11) is 1.55. The highest BCUT2D eigenvalue weighted by Crippen LogP contribution is 2.36. The number of hydrogen-bond donors (Lipinski definition) is 2. The quantitative estimate of drug-likeness (QED) is 0.520. The Labute approximate surface area is 195 Å². The van der Waals surface area contributed by atoms with Crippen molar-refractivity contribution in [3.63, 3.8) is 0 Å². The Morgan fingerprint density at radius 3 is 2.74 bits per heavy atom. The molecule has 0 unspecified atom stereocenters. The monoisotopic (exact) mass is 476 g/mol. The summed E-state index contributed by atoms with van der Waals surface area (Å²) >= 11 is 0. The van der Waals surface area contributed by atoms with Gasteiger partial charge in [-0.05, 0) is 37.6 Å². The number of alkyl halides is 3. The van der Waals surface area contributed by atoms with Gasteiger partial charge >= 0.3 is 6.18 Å². The minimum absolute atomic E-state index is 0.0815. The number of ether oxygens (including phenoxy) is 3. The van der Waals surface area contributed by atoms with Gasteiger partial charge in [0.1, 0.15) is 24.4 Å². The van der Waals surface area contributed by atoms with Gasteiger partial charge in [-0.15, -0.1) is 0 Å². The molecule has 1 aromatic heterocycles. The molecule has 1 fully saturated rings. The minimum Gasteiger partial charge on any atom is -0.493 e. The lowest BCUT2D eigenvalue weighted by Gasteiger charge is -2.24. The molecule has 0 spiro atoms. The third-order valence-corrected chi connectivity index (χ3v) is 5.59. The van der Waals surface area contributed by atoms with Crippen molar-refractivity contribution in [1.29, 1.82) is 0 Å². The highest BCUT2D eigenvalue weighted by molar-refractivity contribution is 5.92. The van der Waals surface area contributed by atoms with Crippen molar-refractivity contribution in [3.8, 4) is 11.5 Å². The van der Waals surface area contributed by atoms with E-state index in [0.717, 1.165) is 18.7 Å². The van der Waals surface area contributed by atoms with Gasteiger partial charge in [-0.25, -0.2) is 9.97 Å². The number of anilines is 1. The number of fused-ring (bicyclic) bond motifs is 1. The van der Waals surface area contributed by atoms with E-state index in [0.29, 0.717) is 59.4 Å². The maximum absolute atomic E-state index is 13.2. The predicted molar refractivity (Wildman–Crippen MR) is 122 cm³/mol. The molecule has 1 aliphatic rings. The fourth-order valence-corrected chi connectivity index (χ4v) is 3.82. The van der Waals surface area contributed by atoms with Crippen molar-refractivity contribution in [2.24, 2.45) is 0 Å². The topological polar surface area (TPSA) is 77.5 Å². The summed E-state index contributed by atoms with van der Waals surface area (Å²) in [6, 6.07) is 8.36. The van der Waals surface area contributed by atoms with E-state index < -0.39 is 17.8 Å². The van der Waals surface area contributed by atoms with Crippen LogP contribution in [0.15, 0.2) is 36.4 Å². The lowest BCUT2D eigenvalue weighted by atomic mass is 10.0. The second-order valence-corrected chi connectivity index (χ2v) is 8.14. The molecule has 2 heterocycles. The van der Waals surface area contributed by atoms with Crippen LogP contribution in [0.3, 0.4) is 0 Å². The fraction of sp³-hybridized carbons (Fsp3) is 0.417. The highest BCUT2D eigenvalue weighted by atomic mass is 19.4. The molecule has 0 aliphatic carbocycles. The first-order chi connectivity index (χ1) is 16.2. The zero-order valence-corrected chi connectivity index (χ0v) is 19.2. The maximum atomic E-state index is 13.2. The summed E-state index contributed by atoms with van der Waals surface area (Å²) in [5, 5.41) is 7.17. The van der Waals surface area contributed by atoms with Crippen LogP contribution < -0.4 is 20.1 Å². The number of rotatable bonds is 7. The van der Waals surface area contributed by atoms with E-state index in [2.05, 4.69) is 20.6 Å². The Kier molecular flexibility index (Phi) is 7.08. The summed E-state index contributed by atoms with van der Waals surface area (Å²) in [5.41, 5.74) is 0.430. The molecule has 10 heteroatoms. The van der Waals surface area contributed by atoms with Crippen LogP contribution in [0, 0.1) is 6.92 Å². The first kappa shape index (κ1) is 24.0. The summed E-state index contributed by atoms with van der Waals surface area (Å²) < 4.78 is 56.7. The molecule has 7 nitrogen and oxygen atoms in total. The second-order valence-electron chi connectivity index (χ2n) is 8.14. The van der Waals surface area contributed by atoms with Gasteiger partial charge in [-0.2, -0.15) is 13.2 Å². The maximum Gasteiger partial charge on any atom is 0.416 e. The van der Waals surface area contributed by atoms with Crippen LogP contribution in [0.5, 0.6) is 11.5 Å². The van der Waals surface area contributed by atoms with Crippen molar-refractivity contribution >= 4 is 16.7 Å². The first-order valence-electron chi connectivity index (χ1n) is 11.0. The van der Waals surface area contributed by atoms with Gasteiger partial charge in [-0.3, -0.25) is 0 Å². The van der Waals surface area contributed by atoms with E-state index in [1.165, 1.54) is 6.07 Å². The fourth-order valence-electron chi connectivity index (χ4n) is 3.82. The molecule has 0 saturated carbocycles. The normalized spacial score (nSPS) is 17.4. The molecule has 34 heavy (non-hydrogen) atoms. The smallest absolute Gasteiger partial charge is 0.416 e. The van der Waals surface area contributed by atoms with Gasteiger partial charge in [0.15, 0.2) is 11.5 Å². The van der Waals surface area contributed by atoms with Crippen LogP contribution in [0.2, 0.25) is 0 Å². The zero-order chi connectivity index (χ0) is 24.3. The van der Waals surface area contributed by atoms with Crippen molar-refractivity contribution in [2.75, 3.05) is 38.7 Å². The third kappa shape index (κ3) is 5.51. The molecule has 2 aromatic carbocycles. The molecule has 2 atom stereocenters. The summed E-state index contributed by atoms with van der Waals surface area (Å²) in [6.07, 6.45) is -4.49. The largest absolute Gasteiger partial charge is 0.493 e. The minimum atomic E-state index is -4.41. The van der Waals surface area contributed by atoms with Crippen LogP contribution in [0.25, 0.3) is 10.9 Å². The number of hydrogen-bond acceptors (Lipinski definition) is 7. The van der Waals surface area contributed by atoms with E-state index in [9.17, 15) is 13.2 Å². The summed E-state index contributed by atoms with van der Waals surface area (Å²) in [5.74, 6) is 2.04. The van der Waals surface area contributed by atoms with Gasteiger partial charge in [0.25, 0.3) is 0 Å². The van der Waals surface area contributed by atoms with E-state index in [4.69, 9.17) is 14.2 Å². The highest BCUT2D eigenvalue weighted by Gasteiger charge is 2.30. The number of methoxy groups -OCH3 is 1. The van der Waals surface area contributed by atoms with Gasteiger partial charge in [0.2, 0.25) is 0 Å². The van der Waals surface area contributed by atoms with E-state index in [-0.39, 0.29) is 6.10 Å². The number of aromatic nitrogens is 2. The number of morpholine rings is 1. The summed E-state index contributed by atoms with van der Waals surface area (Å²) in [6.45, 7) is 6.00. The SMILES string of the molecule is COc1cc2nc(C)nc(N[C@H](C)c3cccc(C(F)(F)F)c3)c2cc1OC[C@H]1CNCCO1. The molecule has 0 bridgehead atoms. The third-order valence-electron chi connectivity index (χ3n) is 5.59. The Morgan fingerprint density at radius 2 is 2.03 bits per heavy atom. The van der Waals surface area contributed by atoms with Gasteiger partial charge in [-0.1, -0.05) is 12.1 Å². The molecule has 1 aliphatic heterocycles. The lowest BCUT2D eigenvalue weighted by molar-refractivity contribution is -0.137. The van der Waals surface area contributed by atoms with Crippen LogP contribution in [-0.4, -0.2) is 49.5 Å². The van der Waals surface area contributed by atoms with Gasteiger partial charge < -0.3 is 24.8 Å². The Morgan fingerprint density at radius 1 is 1.21 bits per heavy atom. The van der Waals surface area contributed by atoms with Gasteiger partial charge in [0.05, 0.1) is 24.8 Å². The lowest BCUT2D eigenvalue weighted by Crippen LogP contribution is -2.41. The van der Waals surface area contributed by atoms with E-state index in [1.807, 2.05) is 0 Å². The molecule has 3 aromatic rings. The number of halogens is 3. The molecule has 0 amide bonds. The molecular formula is C24H27F3N4O3. The second kappa shape index (κ2) is 10.0. The molecule has 2 N–H and O–H groups in total. The Bertz CT molecular complexity index is 1150. The van der Waals surface area contributed by atoms with Crippen molar-refractivity contribution in [1.82, 2.24) is 15.3 Å². The van der Waals surface area contributed by atoms with Crippen LogP contribution in [0.1, 0.15) is 29.9 Å². The molecule has 182 valence electrons. The standard InChI is InChI=1S/C24H27F3N4O3/c1-14(16-5-4-6-17(9-16)24(25,26)27)29-23-19-10-22(34-13-18-12-28-7-8-33-18)21(32-3)11-20(19)30-15(2)31-23/h4-6,9-11,14,18,28H,7-8,12-13H2,1-3H3,(H,29,30,31)/t14-,18-/m1/s1.